The van der Waals surface area contributed by atoms with E-state index < -0.39 is 23.3 Å². The van der Waals surface area contributed by atoms with E-state index in [1.54, 1.807) is 0 Å². The molecule has 1 saturated carbocycles. The molecule has 2 rings (SSSR count). The Morgan fingerprint density at radius 1 is 1.33 bits per heavy atom. The molecule has 0 radical (unpaired) electrons. The van der Waals surface area contributed by atoms with Crippen LogP contribution in [0.2, 0.25) is 0 Å². The predicted octanol–water partition coefficient (Wildman–Crippen LogP) is 4.14. The third-order valence-corrected chi connectivity index (χ3v) is 6.45. The van der Waals surface area contributed by atoms with Crippen molar-refractivity contribution in [2.24, 2.45) is 23.2 Å². The predicted molar refractivity (Wildman–Crippen MR) is 106 cm³/mol. The highest BCUT2D eigenvalue weighted by Gasteiger charge is 2.50. The molecule has 0 aromatic heterocycles. The fourth-order valence-electron chi connectivity index (χ4n) is 4.44. The van der Waals surface area contributed by atoms with Gasteiger partial charge in [-0.05, 0) is 24.7 Å². The molecule has 0 aromatic rings. The first-order valence-electron chi connectivity index (χ1n) is 10.3. The Morgan fingerprint density at radius 2 is 2.04 bits per heavy atom. The first kappa shape index (κ1) is 22.9. The first-order chi connectivity index (χ1) is 12.6. The van der Waals surface area contributed by atoms with Crippen LogP contribution in [0.1, 0.15) is 66.7 Å². The summed E-state index contributed by atoms with van der Waals surface area (Å²) in [5.41, 5.74) is -0.562. The summed E-state index contributed by atoms with van der Waals surface area (Å²) >= 11 is 5.48. The summed E-state index contributed by atoms with van der Waals surface area (Å²) in [7, 11) is 0. The number of aliphatic hydroxyl groups excluding tert-OH is 1. The Hall–Kier alpha value is -0.360. The monoisotopic (exact) mass is 404 g/mol. The minimum absolute atomic E-state index is 0.0525. The van der Waals surface area contributed by atoms with Gasteiger partial charge in [0.15, 0.2) is 5.79 Å². The highest BCUT2D eigenvalue weighted by molar-refractivity contribution is 6.26. The van der Waals surface area contributed by atoms with E-state index >= 15 is 0 Å². The van der Waals surface area contributed by atoms with Gasteiger partial charge in [0.05, 0.1) is 25.4 Å². The summed E-state index contributed by atoms with van der Waals surface area (Å²) in [6.07, 6.45) is 3.84. The zero-order valence-corrected chi connectivity index (χ0v) is 18.3. The molecular formula is C21H37ClO5. The Kier molecular flexibility index (Phi) is 8.00. The third-order valence-electron chi connectivity index (χ3n) is 6.23. The largest absolute Gasteiger partial charge is 0.464 e. The van der Waals surface area contributed by atoms with Crippen molar-refractivity contribution in [2.45, 2.75) is 84.7 Å². The molecule has 1 N–H and O–H groups in total. The standard InChI is InChI=1S/C21H37ClO5/c1-14(2)17-7-6-15(3)11-21(17)26-9-8-16(27-21)10-18(23)20(4,5)13-25-19(24)12-22/h14-18,23H,6-13H2,1-5H3/t15-,16+,17+,18+,21+/m1/s1. The zero-order chi connectivity index (χ0) is 20.2. The van der Waals surface area contributed by atoms with E-state index in [0.717, 1.165) is 19.3 Å². The van der Waals surface area contributed by atoms with E-state index in [1.807, 2.05) is 13.8 Å². The van der Waals surface area contributed by atoms with Crippen molar-refractivity contribution in [3.8, 4) is 0 Å². The number of alkyl halides is 1. The third kappa shape index (κ3) is 5.81. The van der Waals surface area contributed by atoms with Crippen LogP contribution >= 0.6 is 11.6 Å². The molecule has 1 aliphatic heterocycles. The summed E-state index contributed by atoms with van der Waals surface area (Å²) in [5.74, 6) is 0.291. The van der Waals surface area contributed by atoms with Crippen LogP contribution in [0.25, 0.3) is 0 Å². The number of carbonyl (C=O) groups excluding carboxylic acids is 1. The van der Waals surface area contributed by atoms with E-state index in [-0.39, 0.29) is 18.6 Å². The van der Waals surface area contributed by atoms with Gasteiger partial charge in [-0.15, -0.1) is 11.6 Å². The van der Waals surface area contributed by atoms with E-state index in [9.17, 15) is 9.90 Å². The Bertz CT molecular complexity index is 495. The normalized spacial score (nSPS) is 33.3. The molecule has 1 spiro atoms. The number of carbonyl (C=O) groups is 1. The van der Waals surface area contributed by atoms with Crippen molar-refractivity contribution in [1.82, 2.24) is 0 Å². The molecule has 2 aliphatic rings. The average molecular weight is 405 g/mol. The fourth-order valence-corrected chi connectivity index (χ4v) is 4.52. The van der Waals surface area contributed by atoms with Crippen molar-refractivity contribution in [3.05, 3.63) is 0 Å². The second kappa shape index (κ2) is 9.43. The van der Waals surface area contributed by atoms with Crippen LogP contribution in [0, 0.1) is 23.2 Å². The molecule has 27 heavy (non-hydrogen) atoms. The first-order valence-corrected chi connectivity index (χ1v) is 10.8. The van der Waals surface area contributed by atoms with Gasteiger partial charge in [0.2, 0.25) is 0 Å². The maximum atomic E-state index is 11.3. The van der Waals surface area contributed by atoms with Crippen molar-refractivity contribution in [3.63, 3.8) is 0 Å². The lowest BCUT2D eigenvalue weighted by atomic mass is 9.72. The van der Waals surface area contributed by atoms with Crippen LogP contribution in [0.3, 0.4) is 0 Å². The maximum absolute atomic E-state index is 11.3. The molecule has 5 nitrogen and oxygen atoms in total. The van der Waals surface area contributed by atoms with Gasteiger partial charge in [0.25, 0.3) is 0 Å². The lowest BCUT2D eigenvalue weighted by Gasteiger charge is -2.51. The van der Waals surface area contributed by atoms with Crippen LogP contribution in [-0.2, 0) is 19.0 Å². The van der Waals surface area contributed by atoms with Crippen LogP contribution in [0.15, 0.2) is 0 Å². The minimum atomic E-state index is -0.640. The van der Waals surface area contributed by atoms with E-state index in [4.69, 9.17) is 25.8 Å². The molecule has 1 saturated heterocycles. The molecule has 5 atom stereocenters. The molecule has 1 aliphatic carbocycles. The molecule has 0 bridgehead atoms. The summed E-state index contributed by atoms with van der Waals surface area (Å²) in [6.45, 7) is 11.3. The average Bonchev–Trinajstić information content (AvgIpc) is 2.59. The quantitative estimate of drug-likeness (QED) is 0.510. The molecule has 1 heterocycles. The van der Waals surface area contributed by atoms with E-state index in [1.165, 1.54) is 6.42 Å². The summed E-state index contributed by atoms with van der Waals surface area (Å²) in [5, 5.41) is 10.8. The van der Waals surface area contributed by atoms with Crippen molar-refractivity contribution >= 4 is 17.6 Å². The minimum Gasteiger partial charge on any atom is -0.464 e. The SMILES string of the molecule is CC(C)[C@@H]1CC[C@@H](C)C[C@@]12OCC[C@@H](C[C@H](O)C(C)(C)COC(=O)CCl)O2. The lowest BCUT2D eigenvalue weighted by molar-refractivity contribution is -0.341. The summed E-state index contributed by atoms with van der Waals surface area (Å²) in [6, 6.07) is 0. The Balaban J connectivity index is 2.01. The van der Waals surface area contributed by atoms with E-state index in [2.05, 4.69) is 20.8 Å². The number of rotatable bonds is 7. The smallest absolute Gasteiger partial charge is 0.320 e. The van der Waals surface area contributed by atoms with Gasteiger partial charge in [0.1, 0.15) is 5.88 Å². The topological polar surface area (TPSA) is 65.0 Å². The molecule has 158 valence electrons. The zero-order valence-electron chi connectivity index (χ0n) is 17.5. The lowest BCUT2D eigenvalue weighted by Crippen LogP contribution is -2.55. The van der Waals surface area contributed by atoms with Gasteiger partial charge < -0.3 is 19.3 Å². The van der Waals surface area contributed by atoms with Gasteiger partial charge in [-0.25, -0.2) is 0 Å². The molecule has 2 fully saturated rings. The Morgan fingerprint density at radius 3 is 2.67 bits per heavy atom. The van der Waals surface area contributed by atoms with Gasteiger partial charge in [0, 0.05) is 24.2 Å². The number of esters is 1. The second-order valence-corrected chi connectivity index (χ2v) is 9.73. The number of halogens is 1. The molecular weight excluding hydrogens is 368 g/mol. The summed E-state index contributed by atoms with van der Waals surface area (Å²) < 4.78 is 18.0. The van der Waals surface area contributed by atoms with Crippen LogP contribution in [0.4, 0.5) is 0 Å². The number of ether oxygens (including phenoxy) is 3. The van der Waals surface area contributed by atoms with Gasteiger partial charge >= 0.3 is 5.97 Å². The van der Waals surface area contributed by atoms with Crippen LogP contribution < -0.4 is 0 Å². The van der Waals surface area contributed by atoms with Crippen molar-refractivity contribution in [1.29, 1.82) is 0 Å². The summed E-state index contributed by atoms with van der Waals surface area (Å²) in [4.78, 5) is 11.3. The fraction of sp³-hybridized carbons (Fsp3) is 0.952. The Labute approximate surface area is 169 Å². The highest BCUT2D eigenvalue weighted by Crippen LogP contribution is 2.47. The van der Waals surface area contributed by atoms with Gasteiger partial charge in [-0.1, -0.05) is 41.0 Å². The molecule has 0 amide bonds. The van der Waals surface area contributed by atoms with Gasteiger partial charge in [-0.2, -0.15) is 0 Å². The van der Waals surface area contributed by atoms with Crippen molar-refractivity contribution < 1.29 is 24.1 Å². The van der Waals surface area contributed by atoms with Crippen LogP contribution in [0.5, 0.6) is 0 Å². The van der Waals surface area contributed by atoms with E-state index in [0.29, 0.717) is 30.8 Å². The maximum Gasteiger partial charge on any atom is 0.320 e. The van der Waals surface area contributed by atoms with Crippen molar-refractivity contribution in [2.75, 3.05) is 19.1 Å². The molecule has 6 heteroatoms. The van der Waals surface area contributed by atoms with Crippen LogP contribution in [-0.4, -0.2) is 48.2 Å². The number of aliphatic hydroxyl groups is 1. The number of hydrogen-bond donors (Lipinski definition) is 1. The highest BCUT2D eigenvalue weighted by atomic mass is 35.5. The molecule has 0 aromatic carbocycles. The number of hydrogen-bond acceptors (Lipinski definition) is 5. The molecule has 0 unspecified atom stereocenters. The van der Waals surface area contributed by atoms with Gasteiger partial charge in [-0.3, -0.25) is 4.79 Å². The second-order valence-electron chi connectivity index (χ2n) is 9.46.